The van der Waals surface area contributed by atoms with Crippen LogP contribution in [0.1, 0.15) is 33.3 Å². The van der Waals surface area contributed by atoms with E-state index in [-0.39, 0.29) is 26.3 Å². The van der Waals surface area contributed by atoms with Crippen molar-refractivity contribution in [1.29, 1.82) is 0 Å². The average Bonchev–Trinajstić information content (AvgIpc) is 2.72. The molecule has 1 aromatic rings. The molecule has 2 atom stereocenters. The molecule has 4 amide bonds. The minimum atomic E-state index is -0.807. The third-order valence-electron chi connectivity index (χ3n) is 4.26. The minimum Gasteiger partial charge on any atom is -0.389 e. The zero-order valence-corrected chi connectivity index (χ0v) is 20.3. The topological polar surface area (TPSA) is 141 Å². The maximum absolute atomic E-state index is 12.2. The molecule has 0 aromatic heterocycles. The summed E-state index contributed by atoms with van der Waals surface area (Å²) in [5.41, 5.74) is 1.79. The van der Waals surface area contributed by atoms with Gasteiger partial charge in [0.05, 0.1) is 25.4 Å². The van der Waals surface area contributed by atoms with Gasteiger partial charge >= 0.3 is 12.1 Å². The second-order valence-corrected chi connectivity index (χ2v) is 8.87. The molecule has 6 N–H and O–H groups in total. The molecular formula is C23H40N4O6. The molecule has 0 radical (unpaired) electrons. The van der Waals surface area contributed by atoms with E-state index in [0.29, 0.717) is 36.4 Å². The van der Waals surface area contributed by atoms with Crippen LogP contribution in [-0.4, -0.2) is 74.0 Å². The van der Waals surface area contributed by atoms with Gasteiger partial charge < -0.3 is 41.0 Å². The Morgan fingerprint density at radius 3 is 1.79 bits per heavy atom. The molecule has 0 aliphatic carbocycles. The smallest absolute Gasteiger partial charge is 0.319 e. The number of hydrogen-bond donors (Lipinski definition) is 6. The maximum atomic E-state index is 12.2. The van der Waals surface area contributed by atoms with E-state index < -0.39 is 24.3 Å². The lowest BCUT2D eigenvalue weighted by Crippen LogP contribution is -2.38. The van der Waals surface area contributed by atoms with E-state index >= 15 is 0 Å². The van der Waals surface area contributed by atoms with Gasteiger partial charge in [-0.1, -0.05) is 33.8 Å². The molecule has 1 rings (SSSR count). The monoisotopic (exact) mass is 468 g/mol. The molecule has 0 bridgehead atoms. The van der Waals surface area contributed by atoms with Gasteiger partial charge in [-0.15, -0.1) is 0 Å². The fourth-order valence-corrected chi connectivity index (χ4v) is 2.59. The minimum absolute atomic E-state index is 0.0481. The molecule has 0 saturated carbocycles. The summed E-state index contributed by atoms with van der Waals surface area (Å²) >= 11 is 0. The molecule has 1 aromatic carbocycles. The van der Waals surface area contributed by atoms with Crippen LogP contribution in [-0.2, 0) is 9.47 Å². The Hall–Kier alpha value is -2.40. The first-order chi connectivity index (χ1) is 15.6. The number of carbonyl (C=O) groups excluding carboxylic acids is 2. The fraction of sp³-hybridized carbons (Fsp3) is 0.652. The molecule has 0 saturated heterocycles. The number of benzene rings is 1. The van der Waals surface area contributed by atoms with Gasteiger partial charge in [0, 0.05) is 37.7 Å². The third kappa shape index (κ3) is 13.7. The van der Waals surface area contributed by atoms with Crippen LogP contribution in [0.3, 0.4) is 0 Å². The second-order valence-electron chi connectivity index (χ2n) is 8.87. The highest BCUT2D eigenvalue weighted by Gasteiger charge is 2.11. The Morgan fingerprint density at radius 2 is 1.30 bits per heavy atom. The quantitative estimate of drug-likeness (QED) is 0.247. The molecule has 0 aliphatic rings. The van der Waals surface area contributed by atoms with Gasteiger partial charge in [0.15, 0.2) is 0 Å². The summed E-state index contributed by atoms with van der Waals surface area (Å²) < 4.78 is 10.7. The fourth-order valence-electron chi connectivity index (χ4n) is 2.59. The van der Waals surface area contributed by atoms with E-state index in [1.54, 1.807) is 18.2 Å². The van der Waals surface area contributed by atoms with Crippen LogP contribution in [0, 0.1) is 18.8 Å². The molecule has 188 valence electrons. The SMILES string of the molecule is Cc1ccc(NC(=O)NC[C@H](O)COCC(C)C)cc1NC(=O)NC[C@H](O)COCC(C)C. The van der Waals surface area contributed by atoms with Gasteiger partial charge in [-0.2, -0.15) is 0 Å². The zero-order chi connectivity index (χ0) is 24.8. The zero-order valence-electron chi connectivity index (χ0n) is 20.3. The number of aliphatic hydroxyl groups excluding tert-OH is 2. The van der Waals surface area contributed by atoms with Gasteiger partial charge in [-0.3, -0.25) is 0 Å². The van der Waals surface area contributed by atoms with Crippen LogP contribution in [0.25, 0.3) is 0 Å². The normalized spacial score (nSPS) is 13.0. The largest absolute Gasteiger partial charge is 0.389 e. The third-order valence-corrected chi connectivity index (χ3v) is 4.26. The summed E-state index contributed by atoms with van der Waals surface area (Å²) in [4.78, 5) is 24.3. The van der Waals surface area contributed by atoms with Crippen LogP contribution in [0.4, 0.5) is 21.0 Å². The van der Waals surface area contributed by atoms with Gasteiger partial charge in [0.2, 0.25) is 0 Å². The van der Waals surface area contributed by atoms with E-state index in [4.69, 9.17) is 9.47 Å². The number of rotatable bonds is 14. The number of aryl methyl sites for hydroxylation is 1. The lowest BCUT2D eigenvalue weighted by Gasteiger charge is -2.16. The number of ether oxygens (including phenoxy) is 2. The van der Waals surface area contributed by atoms with Crippen molar-refractivity contribution >= 4 is 23.4 Å². The lowest BCUT2D eigenvalue weighted by atomic mass is 10.2. The van der Waals surface area contributed by atoms with Crippen molar-refractivity contribution in [2.45, 2.75) is 46.8 Å². The summed E-state index contributed by atoms with van der Waals surface area (Å²) in [7, 11) is 0. The van der Waals surface area contributed by atoms with Crippen LogP contribution < -0.4 is 21.3 Å². The highest BCUT2D eigenvalue weighted by atomic mass is 16.5. The maximum Gasteiger partial charge on any atom is 0.319 e. The van der Waals surface area contributed by atoms with Gasteiger partial charge in [-0.25, -0.2) is 9.59 Å². The van der Waals surface area contributed by atoms with E-state index in [9.17, 15) is 19.8 Å². The summed E-state index contributed by atoms with van der Waals surface area (Å²) in [6.45, 7) is 11.3. The Balaban J connectivity index is 2.44. The van der Waals surface area contributed by atoms with E-state index in [2.05, 4.69) is 21.3 Å². The number of nitrogens with one attached hydrogen (secondary N) is 4. The standard InChI is InChI=1S/C23H40N4O6/c1-15(2)11-32-13-19(28)9-24-22(30)26-18-7-6-17(5)21(8-18)27-23(31)25-10-20(29)14-33-12-16(3)4/h6-8,15-16,19-20,28-29H,9-14H2,1-5H3,(H2,24,26,30)(H2,25,27,31)/t19-,20-/m0/s1. The summed E-state index contributed by atoms with van der Waals surface area (Å²) in [5.74, 6) is 0.738. The van der Waals surface area contributed by atoms with Crippen molar-refractivity contribution in [3.63, 3.8) is 0 Å². The Kier molecular flexibility index (Phi) is 13.4. The van der Waals surface area contributed by atoms with Crippen LogP contribution in [0.15, 0.2) is 18.2 Å². The number of carbonyl (C=O) groups is 2. The molecular weight excluding hydrogens is 428 g/mol. The molecule has 0 unspecified atom stereocenters. The molecule has 33 heavy (non-hydrogen) atoms. The lowest BCUT2D eigenvalue weighted by molar-refractivity contribution is 0.0274. The number of anilines is 2. The summed E-state index contributed by atoms with van der Waals surface area (Å²) in [5, 5.41) is 30.3. The predicted molar refractivity (Wildman–Crippen MR) is 129 cm³/mol. The molecule has 0 spiro atoms. The van der Waals surface area contributed by atoms with Crippen molar-refractivity contribution in [2.24, 2.45) is 11.8 Å². The number of urea groups is 2. The average molecular weight is 469 g/mol. The second kappa shape index (κ2) is 15.4. The molecule has 10 heteroatoms. The Labute approximate surface area is 196 Å². The molecule has 0 heterocycles. The van der Waals surface area contributed by atoms with E-state index in [0.717, 1.165) is 5.56 Å². The predicted octanol–water partition coefficient (Wildman–Crippen LogP) is 2.31. The molecule has 10 nitrogen and oxygen atoms in total. The first-order valence-corrected chi connectivity index (χ1v) is 11.3. The van der Waals surface area contributed by atoms with Crippen molar-refractivity contribution in [2.75, 3.05) is 50.2 Å². The van der Waals surface area contributed by atoms with Crippen LogP contribution in [0.2, 0.25) is 0 Å². The van der Waals surface area contributed by atoms with Crippen LogP contribution >= 0.6 is 0 Å². The first kappa shape index (κ1) is 28.6. The highest BCUT2D eigenvalue weighted by Crippen LogP contribution is 2.20. The summed E-state index contributed by atoms with van der Waals surface area (Å²) in [6, 6.07) is 4.12. The molecule has 0 aliphatic heterocycles. The van der Waals surface area contributed by atoms with Gasteiger partial charge in [0.1, 0.15) is 0 Å². The van der Waals surface area contributed by atoms with Crippen molar-refractivity contribution in [1.82, 2.24) is 10.6 Å². The van der Waals surface area contributed by atoms with Crippen molar-refractivity contribution < 1.29 is 29.3 Å². The highest BCUT2D eigenvalue weighted by molar-refractivity contribution is 5.93. The first-order valence-electron chi connectivity index (χ1n) is 11.3. The van der Waals surface area contributed by atoms with Crippen molar-refractivity contribution in [3.05, 3.63) is 23.8 Å². The van der Waals surface area contributed by atoms with E-state index in [1.807, 2.05) is 34.6 Å². The summed E-state index contributed by atoms with van der Waals surface area (Å²) in [6.07, 6.45) is -1.61. The van der Waals surface area contributed by atoms with E-state index in [1.165, 1.54) is 0 Å². The Morgan fingerprint density at radius 1 is 0.818 bits per heavy atom. The number of amides is 4. The number of aliphatic hydroxyl groups is 2. The molecule has 0 fully saturated rings. The van der Waals surface area contributed by atoms with Gasteiger partial charge in [0.25, 0.3) is 0 Å². The van der Waals surface area contributed by atoms with Gasteiger partial charge in [-0.05, 0) is 36.5 Å². The van der Waals surface area contributed by atoms with Crippen molar-refractivity contribution in [3.8, 4) is 0 Å². The number of hydrogen-bond acceptors (Lipinski definition) is 6. The Bertz CT molecular complexity index is 729. The van der Waals surface area contributed by atoms with Crippen LogP contribution in [0.5, 0.6) is 0 Å².